The highest BCUT2D eigenvalue weighted by Gasteiger charge is 2.22. The van der Waals surface area contributed by atoms with Crippen LogP contribution < -0.4 is 5.32 Å². The Morgan fingerprint density at radius 3 is 2.76 bits per heavy atom. The normalized spacial score (nSPS) is 19.1. The van der Waals surface area contributed by atoms with E-state index in [1.54, 1.807) is 0 Å². The molecule has 0 saturated carbocycles. The zero-order chi connectivity index (χ0) is 14.8. The molecule has 0 amide bonds. The summed E-state index contributed by atoms with van der Waals surface area (Å²) in [5.74, 6) is 1.15. The molecule has 0 radical (unpaired) electrons. The molecule has 1 aliphatic heterocycles. The predicted octanol–water partition coefficient (Wildman–Crippen LogP) is 5.99. The van der Waals surface area contributed by atoms with Gasteiger partial charge in [-0.3, -0.25) is 0 Å². The van der Waals surface area contributed by atoms with Crippen LogP contribution in [0.25, 0.3) is 0 Å². The van der Waals surface area contributed by atoms with Gasteiger partial charge in [0.15, 0.2) is 0 Å². The van der Waals surface area contributed by atoms with Gasteiger partial charge in [-0.2, -0.15) is 0 Å². The Morgan fingerprint density at radius 1 is 1.24 bits per heavy atom. The molecule has 4 heteroatoms. The van der Waals surface area contributed by atoms with Gasteiger partial charge in [0.2, 0.25) is 0 Å². The van der Waals surface area contributed by atoms with Crippen molar-refractivity contribution in [3.63, 3.8) is 0 Å². The fraction of sp³-hybridized carbons (Fsp3) is 0.294. The highest BCUT2D eigenvalue weighted by molar-refractivity contribution is 9.10. The molecule has 1 N–H and O–H groups in total. The third kappa shape index (κ3) is 3.65. The summed E-state index contributed by atoms with van der Waals surface area (Å²) in [4.78, 5) is 1.35. The first-order chi connectivity index (χ1) is 10.1. The summed E-state index contributed by atoms with van der Waals surface area (Å²) in [5, 5.41) is 4.57. The minimum absolute atomic E-state index is 0.318. The summed E-state index contributed by atoms with van der Waals surface area (Å²) >= 11 is 11.6. The van der Waals surface area contributed by atoms with Crippen LogP contribution in [0.5, 0.6) is 0 Å². The summed E-state index contributed by atoms with van der Waals surface area (Å²) in [6, 6.07) is 15.4. The lowest BCUT2D eigenvalue weighted by atomic mass is 10.0. The third-order valence-electron chi connectivity index (χ3n) is 3.83. The molecular weight excluding hydrogens is 366 g/mol. The molecule has 0 bridgehead atoms. The molecule has 1 unspecified atom stereocenters. The van der Waals surface area contributed by atoms with E-state index in [4.69, 9.17) is 11.6 Å². The lowest BCUT2D eigenvalue weighted by Gasteiger charge is -2.29. The highest BCUT2D eigenvalue weighted by Crippen LogP contribution is 2.38. The van der Waals surface area contributed by atoms with Crippen LogP contribution in [0.2, 0.25) is 5.02 Å². The number of thioether (sulfide) groups is 1. The molecule has 0 fully saturated rings. The standard InChI is InChI=1S/C17H17BrClNS/c1-11(12-2-4-13(18)5-3-12)20-16-8-9-21-17-7-6-14(19)10-15(16)17/h2-7,10-11,16,20H,8-9H2,1H3/t11-,16?/m1/s1. The lowest BCUT2D eigenvalue weighted by Crippen LogP contribution is -2.27. The Morgan fingerprint density at radius 2 is 2.00 bits per heavy atom. The van der Waals surface area contributed by atoms with Gasteiger partial charge in [-0.25, -0.2) is 0 Å². The van der Waals surface area contributed by atoms with Crippen LogP contribution in [0.4, 0.5) is 0 Å². The molecule has 2 aromatic rings. The van der Waals surface area contributed by atoms with Crippen LogP contribution in [0.1, 0.15) is 36.6 Å². The number of hydrogen-bond acceptors (Lipinski definition) is 2. The average Bonchev–Trinajstić information content (AvgIpc) is 2.48. The molecule has 2 atom stereocenters. The van der Waals surface area contributed by atoms with Crippen molar-refractivity contribution in [3.8, 4) is 0 Å². The van der Waals surface area contributed by atoms with Gasteiger partial charge in [-0.05, 0) is 60.6 Å². The Bertz CT molecular complexity index is 629. The van der Waals surface area contributed by atoms with Gasteiger partial charge in [-0.15, -0.1) is 11.8 Å². The molecule has 1 aliphatic rings. The second-order valence-electron chi connectivity index (χ2n) is 5.31. The van der Waals surface area contributed by atoms with E-state index in [0.29, 0.717) is 12.1 Å². The van der Waals surface area contributed by atoms with E-state index in [2.05, 4.69) is 64.6 Å². The number of halogens is 2. The monoisotopic (exact) mass is 381 g/mol. The van der Waals surface area contributed by atoms with E-state index in [1.807, 2.05) is 17.8 Å². The fourth-order valence-corrected chi connectivity index (χ4v) is 4.24. The lowest BCUT2D eigenvalue weighted by molar-refractivity contribution is 0.450. The average molecular weight is 383 g/mol. The quantitative estimate of drug-likeness (QED) is 0.699. The van der Waals surface area contributed by atoms with Crippen molar-refractivity contribution in [2.75, 3.05) is 5.75 Å². The topological polar surface area (TPSA) is 12.0 Å². The van der Waals surface area contributed by atoms with Crippen LogP contribution >= 0.6 is 39.3 Å². The first kappa shape index (κ1) is 15.4. The van der Waals surface area contributed by atoms with Crippen molar-refractivity contribution in [3.05, 3.63) is 63.1 Å². The van der Waals surface area contributed by atoms with E-state index >= 15 is 0 Å². The van der Waals surface area contributed by atoms with E-state index in [9.17, 15) is 0 Å². The third-order valence-corrected chi connectivity index (χ3v) is 5.72. The Hall–Kier alpha value is -0.480. The second kappa shape index (κ2) is 6.74. The van der Waals surface area contributed by atoms with Crippen LogP contribution in [0, 0.1) is 0 Å². The van der Waals surface area contributed by atoms with Crippen molar-refractivity contribution in [2.24, 2.45) is 0 Å². The van der Waals surface area contributed by atoms with Gasteiger partial charge in [0.1, 0.15) is 0 Å². The SMILES string of the molecule is C[C@@H](NC1CCSc2ccc(Cl)cc21)c1ccc(Br)cc1. The van der Waals surface area contributed by atoms with Crippen LogP contribution in [-0.2, 0) is 0 Å². The van der Waals surface area contributed by atoms with Gasteiger partial charge < -0.3 is 5.32 Å². The zero-order valence-electron chi connectivity index (χ0n) is 11.8. The summed E-state index contributed by atoms with van der Waals surface area (Å²) in [5.41, 5.74) is 2.64. The molecule has 0 saturated heterocycles. The minimum Gasteiger partial charge on any atom is -0.303 e. The molecule has 0 aliphatic carbocycles. The Balaban J connectivity index is 1.80. The predicted molar refractivity (Wildman–Crippen MR) is 95.2 cm³/mol. The maximum Gasteiger partial charge on any atom is 0.0410 e. The van der Waals surface area contributed by atoms with Crippen molar-refractivity contribution in [2.45, 2.75) is 30.3 Å². The van der Waals surface area contributed by atoms with Crippen LogP contribution in [0.3, 0.4) is 0 Å². The first-order valence-electron chi connectivity index (χ1n) is 7.07. The summed E-state index contributed by atoms with van der Waals surface area (Å²) in [6.07, 6.45) is 1.14. The van der Waals surface area contributed by atoms with Crippen molar-refractivity contribution >= 4 is 39.3 Å². The van der Waals surface area contributed by atoms with Gasteiger partial charge in [0, 0.05) is 26.5 Å². The molecule has 1 nitrogen and oxygen atoms in total. The van der Waals surface area contributed by atoms with Crippen molar-refractivity contribution in [1.82, 2.24) is 5.32 Å². The zero-order valence-corrected chi connectivity index (χ0v) is 14.9. The van der Waals surface area contributed by atoms with E-state index < -0.39 is 0 Å². The van der Waals surface area contributed by atoms with Gasteiger partial charge in [0.05, 0.1) is 0 Å². The smallest absolute Gasteiger partial charge is 0.0410 e. The molecule has 2 aromatic carbocycles. The summed E-state index contributed by atoms with van der Waals surface area (Å²) < 4.78 is 1.12. The second-order valence-corrected chi connectivity index (χ2v) is 7.80. The van der Waals surface area contributed by atoms with Crippen LogP contribution in [-0.4, -0.2) is 5.75 Å². The number of nitrogens with one attached hydrogen (secondary N) is 1. The largest absolute Gasteiger partial charge is 0.303 e. The van der Waals surface area contributed by atoms with Gasteiger partial charge in [0.25, 0.3) is 0 Å². The molecule has 1 heterocycles. The number of hydrogen-bond donors (Lipinski definition) is 1. The van der Waals surface area contributed by atoms with Crippen molar-refractivity contribution in [1.29, 1.82) is 0 Å². The fourth-order valence-electron chi connectivity index (χ4n) is 2.69. The van der Waals surface area contributed by atoms with Gasteiger partial charge in [-0.1, -0.05) is 39.7 Å². The molecule has 110 valence electrons. The minimum atomic E-state index is 0.318. The first-order valence-corrected chi connectivity index (χ1v) is 9.23. The summed E-state index contributed by atoms with van der Waals surface area (Å²) in [7, 11) is 0. The Labute approximate surface area is 143 Å². The summed E-state index contributed by atoms with van der Waals surface area (Å²) in [6.45, 7) is 2.22. The molecule has 21 heavy (non-hydrogen) atoms. The van der Waals surface area contributed by atoms with E-state index in [1.165, 1.54) is 16.0 Å². The van der Waals surface area contributed by atoms with Crippen LogP contribution in [0.15, 0.2) is 51.8 Å². The maximum atomic E-state index is 6.17. The number of fused-ring (bicyclic) bond motifs is 1. The molecular formula is C17H17BrClNS. The molecule has 0 aromatic heterocycles. The molecule has 0 spiro atoms. The van der Waals surface area contributed by atoms with E-state index in [0.717, 1.165) is 21.7 Å². The number of benzene rings is 2. The van der Waals surface area contributed by atoms with Gasteiger partial charge >= 0.3 is 0 Å². The maximum absolute atomic E-state index is 6.17. The number of rotatable bonds is 3. The van der Waals surface area contributed by atoms with E-state index in [-0.39, 0.29) is 0 Å². The van der Waals surface area contributed by atoms with Crippen molar-refractivity contribution < 1.29 is 0 Å². The molecule has 3 rings (SSSR count). The Kier molecular flexibility index (Phi) is 4.95. The highest BCUT2D eigenvalue weighted by atomic mass is 79.9.